The highest BCUT2D eigenvalue weighted by atomic mass is 35.5. The summed E-state index contributed by atoms with van der Waals surface area (Å²) in [6.07, 6.45) is 0. The minimum atomic E-state index is -0.415. The molecule has 0 spiro atoms. The third kappa shape index (κ3) is 4.53. The molecule has 0 saturated carbocycles. The van der Waals surface area contributed by atoms with E-state index < -0.39 is 6.03 Å². The number of carbonyl (C=O) groups is 1. The average Bonchev–Trinajstić information content (AvgIpc) is 2.84. The maximum Gasteiger partial charge on any atom is 0.324 e. The van der Waals surface area contributed by atoms with Gasteiger partial charge in [0.2, 0.25) is 0 Å². The number of aliphatic imine (C=N–C) groups is 2. The number of urea groups is 1. The number of amides is 2. The number of rotatable bonds is 2. The Labute approximate surface area is 184 Å². The number of halogens is 2. The van der Waals surface area contributed by atoms with Gasteiger partial charge in [0.1, 0.15) is 5.84 Å². The Bertz CT molecular complexity index is 1160. The molecule has 0 radical (unpaired) electrons. The van der Waals surface area contributed by atoms with E-state index in [9.17, 15) is 4.79 Å². The van der Waals surface area contributed by atoms with Crippen LogP contribution in [-0.2, 0) is 0 Å². The van der Waals surface area contributed by atoms with E-state index in [4.69, 9.17) is 33.2 Å². The topological polar surface area (TPSA) is 65.8 Å². The summed E-state index contributed by atoms with van der Waals surface area (Å²) in [5.41, 5.74) is 3.76. The minimum absolute atomic E-state index is 0.334. The molecule has 2 N–H and O–H groups in total. The lowest BCUT2D eigenvalue weighted by molar-refractivity contribution is 0.256. The Morgan fingerprint density at radius 1 is 0.833 bits per heavy atom. The molecule has 0 bridgehead atoms. The maximum absolute atomic E-state index is 12.7. The van der Waals surface area contributed by atoms with Crippen LogP contribution < -0.4 is 10.6 Å². The van der Waals surface area contributed by atoms with Crippen molar-refractivity contribution in [3.05, 3.63) is 88.4 Å². The monoisotopic (exact) mass is 436 g/mol. The van der Waals surface area contributed by atoms with E-state index >= 15 is 0 Å². The first-order valence-electron chi connectivity index (χ1n) is 9.31. The lowest BCUT2D eigenvalue weighted by Gasteiger charge is -2.20. The van der Waals surface area contributed by atoms with Gasteiger partial charge in [-0.25, -0.2) is 9.79 Å². The minimum Gasteiger partial charge on any atom is -0.308 e. The first kappa shape index (κ1) is 20.1. The third-order valence-electron chi connectivity index (χ3n) is 4.64. The van der Waals surface area contributed by atoms with E-state index in [0.29, 0.717) is 27.3 Å². The number of benzene rings is 3. The van der Waals surface area contributed by atoms with Gasteiger partial charge in [0.05, 0.1) is 17.3 Å². The third-order valence-corrected chi connectivity index (χ3v) is 5.13. The van der Waals surface area contributed by atoms with Crippen molar-refractivity contribution in [2.24, 2.45) is 9.98 Å². The summed E-state index contributed by atoms with van der Waals surface area (Å²) >= 11 is 12.1. The first-order chi connectivity index (χ1) is 14.5. The van der Waals surface area contributed by atoms with Gasteiger partial charge in [0, 0.05) is 21.4 Å². The van der Waals surface area contributed by atoms with Crippen molar-refractivity contribution in [1.82, 2.24) is 5.32 Å². The summed E-state index contributed by atoms with van der Waals surface area (Å²) in [5.74, 6) is 0.142. The van der Waals surface area contributed by atoms with Gasteiger partial charge in [0.25, 0.3) is 0 Å². The number of nitrogens with zero attached hydrogens (tertiary/aromatic N) is 2. The molecule has 30 heavy (non-hydrogen) atoms. The van der Waals surface area contributed by atoms with Crippen LogP contribution in [0.1, 0.15) is 18.4 Å². The van der Waals surface area contributed by atoms with Crippen molar-refractivity contribution in [3.8, 4) is 0 Å². The lowest BCUT2D eigenvalue weighted by atomic mass is 9.93. The van der Waals surface area contributed by atoms with E-state index in [1.807, 2.05) is 55.5 Å². The molecule has 3 aromatic rings. The van der Waals surface area contributed by atoms with Gasteiger partial charge in [-0.3, -0.25) is 10.3 Å². The van der Waals surface area contributed by atoms with Crippen LogP contribution in [0.2, 0.25) is 10.0 Å². The van der Waals surface area contributed by atoms with Gasteiger partial charge in [0.15, 0.2) is 0 Å². The van der Waals surface area contributed by atoms with E-state index in [2.05, 4.69) is 10.6 Å². The molecule has 0 aliphatic carbocycles. The van der Waals surface area contributed by atoms with Crippen LogP contribution in [0.4, 0.5) is 21.9 Å². The van der Waals surface area contributed by atoms with Gasteiger partial charge >= 0.3 is 6.03 Å². The van der Waals surface area contributed by atoms with Crippen molar-refractivity contribution in [2.45, 2.75) is 12.8 Å². The molecule has 7 heteroatoms. The van der Waals surface area contributed by atoms with E-state index in [1.54, 1.807) is 24.3 Å². The number of carbonyl (C=O) groups excluding carboxylic acids is 1. The number of nitrogens with one attached hydrogen (secondary N) is 2. The lowest BCUT2D eigenvalue weighted by Crippen LogP contribution is -2.39. The predicted octanol–water partition coefficient (Wildman–Crippen LogP) is 6.73. The Hall–Kier alpha value is -3.15. The van der Waals surface area contributed by atoms with Crippen LogP contribution in [-0.4, -0.2) is 17.6 Å². The zero-order chi connectivity index (χ0) is 21.1. The molecule has 1 atom stereocenters. The van der Waals surface area contributed by atoms with Gasteiger partial charge < -0.3 is 5.32 Å². The highest BCUT2D eigenvalue weighted by Crippen LogP contribution is 2.34. The number of para-hydroxylation sites is 2. The first-order valence-corrected chi connectivity index (χ1v) is 10.1. The maximum atomic E-state index is 12.7. The normalized spacial score (nSPS) is 15.4. The summed E-state index contributed by atoms with van der Waals surface area (Å²) in [6.45, 7) is 1.92. The molecule has 1 aliphatic heterocycles. The fourth-order valence-corrected chi connectivity index (χ4v) is 3.62. The standard InChI is InChI=1S/C23H18Cl2N4O/c1-14-21(15-9-11-16(24)12-10-15)22(28-20-8-3-2-7-19(20)26-14)29-23(30)27-18-6-4-5-17(25)13-18/h2-13,21H,1H3,(H2,27,28,29,30). The molecule has 0 aromatic heterocycles. The largest absolute Gasteiger partial charge is 0.324 e. The molecule has 4 rings (SSSR count). The van der Waals surface area contributed by atoms with E-state index in [1.165, 1.54) is 0 Å². The summed E-state index contributed by atoms with van der Waals surface area (Å²) in [7, 11) is 0. The zero-order valence-corrected chi connectivity index (χ0v) is 17.6. The molecule has 1 aliphatic rings. The molecule has 150 valence electrons. The fourth-order valence-electron chi connectivity index (χ4n) is 3.30. The van der Waals surface area contributed by atoms with Crippen molar-refractivity contribution in [3.63, 3.8) is 0 Å². The second kappa shape index (κ2) is 8.69. The summed E-state index contributed by atoms with van der Waals surface area (Å²) < 4.78 is 0. The van der Waals surface area contributed by atoms with Crippen LogP contribution in [0.3, 0.4) is 0 Å². The van der Waals surface area contributed by atoms with Gasteiger partial charge in [-0.15, -0.1) is 0 Å². The average molecular weight is 437 g/mol. The second-order valence-electron chi connectivity index (χ2n) is 6.81. The van der Waals surface area contributed by atoms with E-state index in [0.717, 1.165) is 17.0 Å². The van der Waals surface area contributed by atoms with Crippen LogP contribution in [0.5, 0.6) is 0 Å². The van der Waals surface area contributed by atoms with E-state index in [-0.39, 0.29) is 5.92 Å². The van der Waals surface area contributed by atoms with Crippen molar-refractivity contribution < 1.29 is 4.79 Å². The highest BCUT2D eigenvalue weighted by Gasteiger charge is 2.26. The molecule has 1 heterocycles. The Kier molecular flexibility index (Phi) is 5.84. The molecular formula is C23H18Cl2N4O. The molecule has 5 nitrogen and oxygen atoms in total. The number of amidine groups is 1. The number of fused-ring (bicyclic) bond motifs is 1. The van der Waals surface area contributed by atoms with Gasteiger partial charge in [-0.1, -0.05) is 53.5 Å². The molecule has 0 fully saturated rings. The van der Waals surface area contributed by atoms with Crippen molar-refractivity contribution in [1.29, 1.82) is 0 Å². The molecular weight excluding hydrogens is 419 g/mol. The van der Waals surface area contributed by atoms with Gasteiger partial charge in [-0.2, -0.15) is 0 Å². The molecule has 2 amide bonds. The van der Waals surface area contributed by atoms with Crippen LogP contribution in [0, 0.1) is 0 Å². The molecule has 3 aromatic carbocycles. The fraction of sp³-hybridized carbons (Fsp3) is 0.0870. The molecule has 0 saturated heterocycles. The van der Waals surface area contributed by atoms with Gasteiger partial charge in [-0.05, 0) is 55.0 Å². The molecule has 1 unspecified atom stereocenters. The SMILES string of the molecule is CC1=Nc2ccccc2N=C(NC(=O)Nc2cccc(Cl)c2)C1c1ccc(Cl)cc1. The van der Waals surface area contributed by atoms with Crippen molar-refractivity contribution >= 4 is 57.8 Å². The second-order valence-corrected chi connectivity index (χ2v) is 7.69. The quantitative estimate of drug-likeness (QED) is 0.458. The Balaban J connectivity index is 1.70. The number of hydrogen-bond donors (Lipinski definition) is 2. The van der Waals surface area contributed by atoms with Crippen LogP contribution >= 0.6 is 23.2 Å². The number of anilines is 1. The predicted molar refractivity (Wildman–Crippen MR) is 124 cm³/mol. The van der Waals surface area contributed by atoms with Crippen LogP contribution in [0.25, 0.3) is 0 Å². The summed E-state index contributed by atoms with van der Waals surface area (Å²) in [4.78, 5) is 22.2. The zero-order valence-electron chi connectivity index (χ0n) is 16.1. The van der Waals surface area contributed by atoms with Crippen LogP contribution in [0.15, 0.2) is 82.8 Å². The Morgan fingerprint density at radius 2 is 1.53 bits per heavy atom. The summed E-state index contributed by atoms with van der Waals surface area (Å²) in [5, 5.41) is 6.87. The van der Waals surface area contributed by atoms with Crippen molar-refractivity contribution in [2.75, 3.05) is 5.32 Å². The summed E-state index contributed by atoms with van der Waals surface area (Å²) in [6, 6.07) is 21.5. The Morgan fingerprint density at radius 3 is 2.23 bits per heavy atom. The number of hydrogen-bond acceptors (Lipinski definition) is 3. The smallest absolute Gasteiger partial charge is 0.308 e. The highest BCUT2D eigenvalue weighted by molar-refractivity contribution is 6.31.